The minimum Gasteiger partial charge on any atom is -0.391 e. The van der Waals surface area contributed by atoms with E-state index < -0.39 is 0 Å². The number of thioether (sulfide) groups is 1. The van der Waals surface area contributed by atoms with E-state index in [2.05, 4.69) is 20.8 Å². The Morgan fingerprint density at radius 1 is 1.70 bits per heavy atom. The van der Waals surface area contributed by atoms with Crippen molar-refractivity contribution in [1.29, 1.82) is 0 Å². The number of rotatable bonds is 1. The molecule has 1 N–H and O–H groups in total. The molecule has 1 fully saturated rings. The molecule has 1 heterocycles. The Hall–Kier alpha value is 0.310. The Morgan fingerprint density at radius 3 is 2.50 bits per heavy atom. The summed E-state index contributed by atoms with van der Waals surface area (Å²) in [6.45, 7) is 6.43. The predicted molar refractivity (Wildman–Crippen MR) is 46.3 cm³/mol. The first kappa shape index (κ1) is 8.41. The van der Waals surface area contributed by atoms with Crippen LogP contribution in [0.2, 0.25) is 0 Å². The molecule has 1 nitrogen and oxygen atoms in total. The lowest BCUT2D eigenvalue weighted by molar-refractivity contribution is 0.100. The van der Waals surface area contributed by atoms with Gasteiger partial charge in [0.2, 0.25) is 0 Å². The van der Waals surface area contributed by atoms with Crippen molar-refractivity contribution < 1.29 is 5.11 Å². The normalized spacial score (nSPS) is 48.0. The van der Waals surface area contributed by atoms with Gasteiger partial charge >= 0.3 is 0 Å². The van der Waals surface area contributed by atoms with Gasteiger partial charge in [-0.05, 0) is 25.0 Å². The SMILES string of the molecule is CC[C@]1(C)SC[C@@H](C)[C@H]1O. The fraction of sp³-hybridized carbons (Fsp3) is 1.00. The summed E-state index contributed by atoms with van der Waals surface area (Å²) in [5.41, 5.74) is 0. The summed E-state index contributed by atoms with van der Waals surface area (Å²) in [4.78, 5) is 0. The predicted octanol–water partition coefficient (Wildman–Crippen LogP) is 1.90. The molecular formula is C8H16OS. The smallest absolute Gasteiger partial charge is 0.0717 e. The highest BCUT2D eigenvalue weighted by molar-refractivity contribution is 8.01. The van der Waals surface area contributed by atoms with Crippen LogP contribution in [0.1, 0.15) is 27.2 Å². The average molecular weight is 160 g/mol. The van der Waals surface area contributed by atoms with E-state index in [0.717, 1.165) is 12.2 Å². The largest absolute Gasteiger partial charge is 0.391 e. The first-order chi connectivity index (χ1) is 4.60. The maximum absolute atomic E-state index is 9.70. The van der Waals surface area contributed by atoms with Gasteiger partial charge in [-0.15, -0.1) is 0 Å². The van der Waals surface area contributed by atoms with E-state index in [9.17, 15) is 5.11 Å². The molecule has 0 aliphatic carbocycles. The molecule has 1 aliphatic heterocycles. The summed E-state index contributed by atoms with van der Waals surface area (Å²) >= 11 is 1.91. The van der Waals surface area contributed by atoms with Crippen LogP contribution in [0.3, 0.4) is 0 Å². The maximum Gasteiger partial charge on any atom is 0.0717 e. The van der Waals surface area contributed by atoms with Crippen LogP contribution in [0.4, 0.5) is 0 Å². The van der Waals surface area contributed by atoms with Crippen LogP contribution in [-0.4, -0.2) is 21.7 Å². The summed E-state index contributed by atoms with van der Waals surface area (Å²) < 4.78 is 0.138. The van der Waals surface area contributed by atoms with Crippen molar-refractivity contribution in [3.63, 3.8) is 0 Å². The Balaban J connectivity index is 2.64. The molecule has 0 radical (unpaired) electrons. The molecule has 1 saturated heterocycles. The van der Waals surface area contributed by atoms with E-state index in [1.165, 1.54) is 0 Å². The number of hydrogen-bond donors (Lipinski definition) is 1. The molecule has 0 aromatic carbocycles. The second kappa shape index (κ2) is 2.74. The van der Waals surface area contributed by atoms with Gasteiger partial charge in [0.15, 0.2) is 0 Å². The van der Waals surface area contributed by atoms with Gasteiger partial charge in [0.1, 0.15) is 0 Å². The quantitative estimate of drug-likeness (QED) is 0.632. The lowest BCUT2D eigenvalue weighted by atomic mass is 9.93. The fourth-order valence-electron chi connectivity index (χ4n) is 1.41. The molecule has 0 saturated carbocycles. The maximum atomic E-state index is 9.70. The van der Waals surface area contributed by atoms with Gasteiger partial charge in [0, 0.05) is 4.75 Å². The van der Waals surface area contributed by atoms with Crippen molar-refractivity contribution in [2.75, 3.05) is 5.75 Å². The van der Waals surface area contributed by atoms with Crippen molar-refractivity contribution in [3.8, 4) is 0 Å². The van der Waals surface area contributed by atoms with Crippen LogP contribution in [-0.2, 0) is 0 Å². The minimum atomic E-state index is -0.0949. The van der Waals surface area contributed by atoms with Crippen molar-refractivity contribution >= 4 is 11.8 Å². The average Bonchev–Trinajstić information content (AvgIpc) is 2.19. The van der Waals surface area contributed by atoms with E-state index >= 15 is 0 Å². The number of hydrogen-bond acceptors (Lipinski definition) is 2. The summed E-state index contributed by atoms with van der Waals surface area (Å²) in [7, 11) is 0. The molecule has 0 amide bonds. The second-order valence-corrected chi connectivity index (χ2v) is 4.95. The molecule has 0 aromatic rings. The summed E-state index contributed by atoms with van der Waals surface area (Å²) in [5, 5.41) is 9.70. The highest BCUT2D eigenvalue weighted by atomic mass is 32.2. The molecule has 10 heavy (non-hydrogen) atoms. The molecule has 0 aromatic heterocycles. The van der Waals surface area contributed by atoms with Crippen LogP contribution in [0, 0.1) is 5.92 Å². The molecule has 1 rings (SSSR count). The zero-order valence-electron chi connectivity index (χ0n) is 6.92. The summed E-state index contributed by atoms with van der Waals surface area (Å²) in [6.07, 6.45) is 0.978. The Bertz CT molecular complexity index is 126. The van der Waals surface area contributed by atoms with Crippen molar-refractivity contribution in [3.05, 3.63) is 0 Å². The molecule has 1 aliphatic rings. The molecule has 0 bridgehead atoms. The van der Waals surface area contributed by atoms with E-state index in [1.54, 1.807) is 0 Å². The van der Waals surface area contributed by atoms with Gasteiger partial charge in [-0.25, -0.2) is 0 Å². The highest BCUT2D eigenvalue weighted by Crippen LogP contribution is 2.43. The van der Waals surface area contributed by atoms with Gasteiger partial charge in [-0.1, -0.05) is 13.8 Å². The molecular weight excluding hydrogens is 144 g/mol. The molecule has 60 valence electrons. The van der Waals surface area contributed by atoms with Gasteiger partial charge in [0.25, 0.3) is 0 Å². The molecule has 2 heteroatoms. The highest BCUT2D eigenvalue weighted by Gasteiger charge is 2.41. The Kier molecular flexibility index (Phi) is 2.31. The summed E-state index contributed by atoms with van der Waals surface area (Å²) in [6, 6.07) is 0. The first-order valence-electron chi connectivity index (χ1n) is 3.92. The Morgan fingerprint density at radius 2 is 2.30 bits per heavy atom. The van der Waals surface area contributed by atoms with E-state index in [0.29, 0.717) is 5.92 Å². The summed E-state index contributed by atoms with van der Waals surface area (Å²) in [5.74, 6) is 1.60. The van der Waals surface area contributed by atoms with Crippen LogP contribution >= 0.6 is 11.8 Å². The van der Waals surface area contributed by atoms with Crippen molar-refractivity contribution in [2.24, 2.45) is 5.92 Å². The lowest BCUT2D eigenvalue weighted by Crippen LogP contribution is -2.33. The zero-order valence-corrected chi connectivity index (χ0v) is 7.74. The third-order valence-electron chi connectivity index (χ3n) is 2.54. The van der Waals surface area contributed by atoms with Crippen molar-refractivity contribution in [1.82, 2.24) is 0 Å². The first-order valence-corrected chi connectivity index (χ1v) is 4.90. The molecule has 0 spiro atoms. The van der Waals surface area contributed by atoms with Crippen LogP contribution < -0.4 is 0 Å². The van der Waals surface area contributed by atoms with Crippen molar-refractivity contribution in [2.45, 2.75) is 38.0 Å². The third kappa shape index (κ3) is 1.19. The number of aliphatic hydroxyl groups is 1. The van der Waals surface area contributed by atoms with Gasteiger partial charge in [-0.3, -0.25) is 0 Å². The minimum absolute atomic E-state index is 0.0949. The van der Waals surface area contributed by atoms with Crippen LogP contribution in [0.25, 0.3) is 0 Å². The molecule has 3 atom stereocenters. The number of aliphatic hydroxyl groups excluding tert-OH is 1. The molecule has 0 unspecified atom stereocenters. The Labute approximate surface area is 67.2 Å². The fourth-order valence-corrected chi connectivity index (χ4v) is 2.84. The van der Waals surface area contributed by atoms with Crippen LogP contribution in [0.15, 0.2) is 0 Å². The lowest BCUT2D eigenvalue weighted by Gasteiger charge is -2.26. The van der Waals surface area contributed by atoms with E-state index in [4.69, 9.17) is 0 Å². The standard InChI is InChI=1S/C8H16OS/c1-4-8(3)7(9)6(2)5-10-8/h6-7,9H,4-5H2,1-3H3/t6-,7-,8+/m1/s1. The zero-order chi connectivity index (χ0) is 7.78. The van der Waals surface area contributed by atoms with E-state index in [-0.39, 0.29) is 10.9 Å². The van der Waals surface area contributed by atoms with E-state index in [1.807, 2.05) is 11.8 Å². The van der Waals surface area contributed by atoms with Gasteiger partial charge < -0.3 is 5.11 Å². The van der Waals surface area contributed by atoms with Gasteiger partial charge in [0.05, 0.1) is 6.10 Å². The topological polar surface area (TPSA) is 20.2 Å². The van der Waals surface area contributed by atoms with Gasteiger partial charge in [-0.2, -0.15) is 11.8 Å². The second-order valence-electron chi connectivity index (χ2n) is 3.40. The van der Waals surface area contributed by atoms with Crippen LogP contribution in [0.5, 0.6) is 0 Å². The monoisotopic (exact) mass is 160 g/mol. The third-order valence-corrected chi connectivity index (χ3v) is 4.42.